The van der Waals surface area contributed by atoms with Crippen molar-refractivity contribution in [2.45, 2.75) is 26.9 Å². The molecule has 0 aliphatic carbocycles. The SMILES string of the molecule is COc1ccc(-c2oc3cc(C)cc(C)c3c(=O)c2O[C@@H](C)C(=O)[O-])cc1. The summed E-state index contributed by atoms with van der Waals surface area (Å²) >= 11 is 0. The largest absolute Gasteiger partial charge is 0.546 e. The third kappa shape index (κ3) is 3.51. The van der Waals surface area contributed by atoms with Gasteiger partial charge in [-0.1, -0.05) is 6.07 Å². The van der Waals surface area contributed by atoms with Gasteiger partial charge in [0, 0.05) is 5.56 Å². The molecule has 0 amide bonds. The fraction of sp³-hybridized carbons (Fsp3) is 0.238. The number of methoxy groups -OCH3 is 1. The second-order valence-corrected chi connectivity index (χ2v) is 6.35. The molecule has 0 spiro atoms. The van der Waals surface area contributed by atoms with Crippen molar-refractivity contribution in [1.29, 1.82) is 0 Å². The molecule has 0 unspecified atom stereocenters. The van der Waals surface area contributed by atoms with Crippen molar-refractivity contribution in [3.05, 3.63) is 57.7 Å². The summed E-state index contributed by atoms with van der Waals surface area (Å²) in [6.07, 6.45) is -1.31. The lowest BCUT2D eigenvalue weighted by molar-refractivity contribution is -0.312. The van der Waals surface area contributed by atoms with Gasteiger partial charge in [0.2, 0.25) is 11.2 Å². The van der Waals surface area contributed by atoms with Crippen molar-refractivity contribution in [3.63, 3.8) is 0 Å². The first-order valence-corrected chi connectivity index (χ1v) is 8.41. The Hall–Kier alpha value is -3.28. The molecular formula is C21H19O6-. The summed E-state index contributed by atoms with van der Waals surface area (Å²) in [7, 11) is 1.55. The lowest BCUT2D eigenvalue weighted by Gasteiger charge is -2.18. The first-order chi connectivity index (χ1) is 12.8. The number of carboxylic acid groups (broad SMARTS) is 1. The fourth-order valence-corrected chi connectivity index (χ4v) is 2.94. The van der Waals surface area contributed by atoms with E-state index in [0.29, 0.717) is 22.3 Å². The van der Waals surface area contributed by atoms with E-state index in [4.69, 9.17) is 13.9 Å². The van der Waals surface area contributed by atoms with Crippen LogP contribution >= 0.6 is 0 Å². The Morgan fingerprint density at radius 2 is 1.81 bits per heavy atom. The van der Waals surface area contributed by atoms with E-state index in [1.54, 1.807) is 44.4 Å². The van der Waals surface area contributed by atoms with E-state index >= 15 is 0 Å². The van der Waals surface area contributed by atoms with Crippen LogP contribution in [0.5, 0.6) is 11.5 Å². The van der Waals surface area contributed by atoms with Gasteiger partial charge in [-0.25, -0.2) is 0 Å². The van der Waals surface area contributed by atoms with Crippen molar-refractivity contribution >= 4 is 16.9 Å². The van der Waals surface area contributed by atoms with Gasteiger partial charge in [-0.2, -0.15) is 0 Å². The standard InChI is InChI=1S/C21H20O6/c1-11-9-12(2)17-16(10-11)27-19(14-5-7-15(25-4)8-6-14)20(18(17)22)26-13(3)21(23)24/h5-10,13H,1-4H3,(H,23,24)/p-1/t13-/m0/s1. The molecule has 1 heterocycles. The summed E-state index contributed by atoms with van der Waals surface area (Å²) in [6.45, 7) is 5.01. The monoisotopic (exact) mass is 367 g/mol. The maximum atomic E-state index is 13.1. The van der Waals surface area contributed by atoms with E-state index in [0.717, 1.165) is 11.1 Å². The summed E-state index contributed by atoms with van der Waals surface area (Å²) in [6, 6.07) is 10.5. The van der Waals surface area contributed by atoms with Crippen molar-refractivity contribution in [2.24, 2.45) is 0 Å². The lowest BCUT2D eigenvalue weighted by atomic mass is 10.0. The highest BCUT2D eigenvalue weighted by atomic mass is 16.5. The summed E-state index contributed by atoms with van der Waals surface area (Å²) in [5.74, 6) is -0.778. The highest BCUT2D eigenvalue weighted by Gasteiger charge is 2.21. The Labute approximate surface area is 156 Å². The Morgan fingerprint density at radius 3 is 2.41 bits per heavy atom. The first kappa shape index (κ1) is 18.5. The molecular weight excluding hydrogens is 348 g/mol. The molecule has 0 N–H and O–H groups in total. The molecule has 0 aliphatic heterocycles. The summed E-state index contributed by atoms with van der Waals surface area (Å²) in [5.41, 5.74) is 2.23. The summed E-state index contributed by atoms with van der Waals surface area (Å²) < 4.78 is 16.6. The average molecular weight is 367 g/mol. The van der Waals surface area contributed by atoms with Crippen LogP contribution in [0.4, 0.5) is 0 Å². The number of carbonyl (C=O) groups excluding carboxylic acids is 1. The molecule has 0 aliphatic rings. The third-order valence-electron chi connectivity index (χ3n) is 4.27. The number of benzene rings is 2. The van der Waals surface area contributed by atoms with Gasteiger partial charge in [0.15, 0.2) is 5.76 Å². The van der Waals surface area contributed by atoms with Crippen LogP contribution in [0.15, 0.2) is 45.6 Å². The van der Waals surface area contributed by atoms with Gasteiger partial charge in [0.05, 0.1) is 18.5 Å². The zero-order chi connectivity index (χ0) is 19.7. The van der Waals surface area contributed by atoms with Crippen LogP contribution in [0.2, 0.25) is 0 Å². The molecule has 0 fully saturated rings. The molecule has 0 radical (unpaired) electrons. The number of aryl methyl sites for hydroxylation is 2. The Kier molecular flexibility index (Phi) is 4.90. The average Bonchev–Trinajstić information content (AvgIpc) is 2.63. The molecule has 1 atom stereocenters. The van der Waals surface area contributed by atoms with Gasteiger partial charge in [-0.3, -0.25) is 4.79 Å². The van der Waals surface area contributed by atoms with Crippen LogP contribution < -0.4 is 20.0 Å². The van der Waals surface area contributed by atoms with E-state index < -0.39 is 17.5 Å². The molecule has 2 aromatic carbocycles. The van der Waals surface area contributed by atoms with Crippen LogP contribution in [0, 0.1) is 13.8 Å². The zero-order valence-electron chi connectivity index (χ0n) is 15.5. The highest BCUT2D eigenvalue weighted by molar-refractivity contribution is 5.85. The quantitative estimate of drug-likeness (QED) is 0.689. The van der Waals surface area contributed by atoms with E-state index in [2.05, 4.69) is 0 Å². The van der Waals surface area contributed by atoms with Crippen LogP contribution in [0.25, 0.3) is 22.3 Å². The van der Waals surface area contributed by atoms with Crippen LogP contribution in [-0.2, 0) is 4.79 Å². The molecule has 0 saturated heterocycles. The lowest BCUT2D eigenvalue weighted by Crippen LogP contribution is -2.38. The molecule has 3 aromatic rings. The van der Waals surface area contributed by atoms with E-state index in [1.165, 1.54) is 6.92 Å². The second-order valence-electron chi connectivity index (χ2n) is 6.35. The van der Waals surface area contributed by atoms with Crippen LogP contribution in [-0.4, -0.2) is 19.2 Å². The number of carboxylic acids is 1. The molecule has 140 valence electrons. The highest BCUT2D eigenvalue weighted by Crippen LogP contribution is 2.33. The smallest absolute Gasteiger partial charge is 0.235 e. The Balaban J connectivity index is 2.31. The summed E-state index contributed by atoms with van der Waals surface area (Å²) in [4.78, 5) is 24.2. The summed E-state index contributed by atoms with van der Waals surface area (Å²) in [5, 5.41) is 11.5. The molecule has 6 nitrogen and oxygen atoms in total. The van der Waals surface area contributed by atoms with Crippen molar-refractivity contribution < 1.29 is 23.8 Å². The molecule has 6 heteroatoms. The van der Waals surface area contributed by atoms with E-state index in [1.807, 2.05) is 13.0 Å². The predicted molar refractivity (Wildman–Crippen MR) is 99.0 cm³/mol. The van der Waals surface area contributed by atoms with Crippen molar-refractivity contribution in [1.82, 2.24) is 0 Å². The van der Waals surface area contributed by atoms with Gasteiger partial charge in [-0.15, -0.1) is 0 Å². The third-order valence-corrected chi connectivity index (χ3v) is 4.27. The van der Waals surface area contributed by atoms with Crippen molar-refractivity contribution in [3.8, 4) is 22.8 Å². The number of ether oxygens (including phenoxy) is 2. The molecule has 27 heavy (non-hydrogen) atoms. The van der Waals surface area contributed by atoms with E-state index in [-0.39, 0.29) is 11.5 Å². The fourth-order valence-electron chi connectivity index (χ4n) is 2.94. The molecule has 3 rings (SSSR count). The van der Waals surface area contributed by atoms with Gasteiger partial charge in [0.1, 0.15) is 17.4 Å². The maximum Gasteiger partial charge on any atom is 0.235 e. The normalized spacial score (nSPS) is 12.0. The molecule has 1 aromatic heterocycles. The second kappa shape index (κ2) is 7.15. The molecule has 0 saturated carbocycles. The number of aliphatic carboxylic acids is 1. The number of rotatable bonds is 5. The minimum Gasteiger partial charge on any atom is -0.546 e. The van der Waals surface area contributed by atoms with Crippen molar-refractivity contribution in [2.75, 3.05) is 7.11 Å². The number of hydrogen-bond donors (Lipinski definition) is 0. The number of carbonyl (C=O) groups is 1. The maximum absolute atomic E-state index is 13.1. The van der Waals surface area contributed by atoms with Crippen LogP contribution in [0.3, 0.4) is 0 Å². The minimum atomic E-state index is -1.42. The molecule has 0 bridgehead atoms. The predicted octanol–water partition coefficient (Wildman–Crippen LogP) is 2.60. The first-order valence-electron chi connectivity index (χ1n) is 8.41. The number of fused-ring (bicyclic) bond motifs is 1. The minimum absolute atomic E-state index is 0.156. The van der Waals surface area contributed by atoms with Gasteiger partial charge in [-0.05, 0) is 62.2 Å². The van der Waals surface area contributed by atoms with Gasteiger partial charge in [0.25, 0.3) is 0 Å². The zero-order valence-corrected chi connectivity index (χ0v) is 15.5. The number of hydrogen-bond acceptors (Lipinski definition) is 6. The Bertz CT molecular complexity index is 1060. The van der Waals surface area contributed by atoms with Gasteiger partial charge >= 0.3 is 0 Å². The topological polar surface area (TPSA) is 88.8 Å². The van der Waals surface area contributed by atoms with Crippen LogP contribution in [0.1, 0.15) is 18.1 Å². The van der Waals surface area contributed by atoms with E-state index in [9.17, 15) is 14.7 Å². The van der Waals surface area contributed by atoms with Gasteiger partial charge < -0.3 is 23.8 Å². The Morgan fingerprint density at radius 1 is 1.15 bits per heavy atom.